The van der Waals surface area contributed by atoms with E-state index >= 15 is 0 Å². The van der Waals surface area contributed by atoms with Crippen LogP contribution in [-0.4, -0.2) is 30.8 Å². The summed E-state index contributed by atoms with van der Waals surface area (Å²) in [6.07, 6.45) is 3.34. The first-order valence-corrected chi connectivity index (χ1v) is 11.3. The van der Waals surface area contributed by atoms with Crippen molar-refractivity contribution in [1.82, 2.24) is 4.57 Å². The fourth-order valence-corrected chi connectivity index (χ4v) is 4.44. The molecule has 0 fully saturated rings. The minimum atomic E-state index is -0.283. The van der Waals surface area contributed by atoms with Crippen molar-refractivity contribution in [3.05, 3.63) is 57.3 Å². The van der Waals surface area contributed by atoms with Gasteiger partial charge in [-0.05, 0) is 55.3 Å². The number of hydrogen-bond donors (Lipinski definition) is 0. The summed E-state index contributed by atoms with van der Waals surface area (Å²) in [5.41, 5.74) is 2.49. The first-order valence-electron chi connectivity index (χ1n) is 10.1. The van der Waals surface area contributed by atoms with Crippen molar-refractivity contribution in [2.24, 2.45) is 4.99 Å². The summed E-state index contributed by atoms with van der Waals surface area (Å²) in [5, 5.41) is 0.693. The van der Waals surface area contributed by atoms with Gasteiger partial charge >= 0.3 is 0 Å². The van der Waals surface area contributed by atoms with Crippen LogP contribution < -0.4 is 9.54 Å². The molecule has 0 aliphatic rings. The zero-order valence-electron chi connectivity index (χ0n) is 17.6. The molecule has 0 saturated heterocycles. The van der Waals surface area contributed by atoms with Crippen molar-refractivity contribution in [3.63, 3.8) is 0 Å². The number of ether oxygens (including phenoxy) is 2. The van der Waals surface area contributed by atoms with E-state index < -0.39 is 0 Å². The molecule has 1 heterocycles. The molecule has 0 saturated carbocycles. The number of thiazole rings is 1. The van der Waals surface area contributed by atoms with Gasteiger partial charge in [-0.3, -0.25) is 4.79 Å². The Balaban J connectivity index is 1.88. The van der Waals surface area contributed by atoms with E-state index in [1.54, 1.807) is 19.2 Å². The number of benzene rings is 2. The van der Waals surface area contributed by atoms with Gasteiger partial charge in [-0.25, -0.2) is 0 Å². The third-order valence-electron chi connectivity index (χ3n) is 4.86. The Bertz CT molecular complexity index is 1070. The summed E-state index contributed by atoms with van der Waals surface area (Å²) in [5.74, 6) is 0.485. The molecule has 0 aliphatic heterocycles. The van der Waals surface area contributed by atoms with Gasteiger partial charge in [-0.1, -0.05) is 42.7 Å². The van der Waals surface area contributed by atoms with Crippen molar-refractivity contribution in [3.8, 4) is 5.75 Å². The second-order valence-electron chi connectivity index (χ2n) is 7.05. The number of hydrogen-bond acceptors (Lipinski definition) is 4. The maximum Gasteiger partial charge on any atom is 0.279 e. The largest absolute Gasteiger partial charge is 0.494 e. The molecule has 5 nitrogen and oxygen atoms in total. The van der Waals surface area contributed by atoms with Crippen LogP contribution in [0.25, 0.3) is 10.2 Å². The Kier molecular flexibility index (Phi) is 8.08. The lowest BCUT2D eigenvalue weighted by Crippen LogP contribution is -2.19. The fraction of sp³-hybridized carbons (Fsp3) is 0.391. The summed E-state index contributed by atoms with van der Waals surface area (Å²) < 4.78 is 14.0. The Morgan fingerprint density at radius 3 is 2.60 bits per heavy atom. The lowest BCUT2D eigenvalue weighted by atomic mass is 10.2. The van der Waals surface area contributed by atoms with Gasteiger partial charge in [0.05, 0.1) is 23.4 Å². The predicted octanol–water partition coefficient (Wildman–Crippen LogP) is 5.62. The van der Waals surface area contributed by atoms with Crippen molar-refractivity contribution in [2.75, 3.05) is 20.3 Å². The van der Waals surface area contributed by atoms with Crippen LogP contribution in [0.5, 0.6) is 5.75 Å². The number of carbonyl (C=O) groups excluding carboxylic acids is 1. The fourth-order valence-electron chi connectivity index (χ4n) is 3.18. The van der Waals surface area contributed by atoms with Crippen LogP contribution in [0.4, 0.5) is 0 Å². The average molecular weight is 447 g/mol. The van der Waals surface area contributed by atoms with E-state index in [2.05, 4.69) is 11.9 Å². The highest BCUT2D eigenvalue weighted by Crippen LogP contribution is 2.27. The topological polar surface area (TPSA) is 52.8 Å². The first-order chi connectivity index (χ1) is 14.5. The maximum absolute atomic E-state index is 12.8. The zero-order chi connectivity index (χ0) is 21.5. The number of halogens is 1. The smallest absolute Gasteiger partial charge is 0.279 e. The second kappa shape index (κ2) is 10.8. The summed E-state index contributed by atoms with van der Waals surface area (Å²) in [6.45, 7) is 5.94. The van der Waals surface area contributed by atoms with Gasteiger partial charge in [0.2, 0.25) is 0 Å². The van der Waals surface area contributed by atoms with Crippen LogP contribution >= 0.6 is 22.9 Å². The summed E-state index contributed by atoms with van der Waals surface area (Å²) >= 11 is 7.80. The molecule has 0 radical (unpaired) electrons. The van der Waals surface area contributed by atoms with E-state index in [4.69, 9.17) is 21.1 Å². The van der Waals surface area contributed by atoms with E-state index in [0.717, 1.165) is 40.8 Å². The molecule has 1 amide bonds. The van der Waals surface area contributed by atoms with Crippen molar-refractivity contribution in [2.45, 2.75) is 39.7 Å². The third-order valence-corrected chi connectivity index (χ3v) is 6.32. The van der Waals surface area contributed by atoms with Gasteiger partial charge in [0.1, 0.15) is 5.75 Å². The van der Waals surface area contributed by atoms with Gasteiger partial charge in [-0.15, -0.1) is 0 Å². The van der Waals surface area contributed by atoms with Gasteiger partial charge in [0.15, 0.2) is 4.80 Å². The molecule has 3 rings (SSSR count). The number of unbranched alkanes of at least 4 members (excludes halogenated alkanes) is 2. The van der Waals surface area contributed by atoms with E-state index in [1.807, 2.05) is 35.8 Å². The summed E-state index contributed by atoms with van der Waals surface area (Å²) in [7, 11) is 1.66. The predicted molar refractivity (Wildman–Crippen MR) is 123 cm³/mol. The summed E-state index contributed by atoms with van der Waals surface area (Å²) in [6, 6.07) is 11.0. The van der Waals surface area contributed by atoms with Gasteiger partial charge < -0.3 is 14.0 Å². The monoisotopic (exact) mass is 446 g/mol. The van der Waals surface area contributed by atoms with Crippen molar-refractivity contribution >= 4 is 39.1 Å². The van der Waals surface area contributed by atoms with E-state index in [9.17, 15) is 4.79 Å². The number of nitrogens with zero attached hydrogens (tertiary/aromatic N) is 2. The Morgan fingerprint density at radius 2 is 1.90 bits per heavy atom. The molecule has 0 unspecified atom stereocenters. The van der Waals surface area contributed by atoms with Gasteiger partial charge in [0.25, 0.3) is 5.91 Å². The molecule has 0 N–H and O–H groups in total. The molecule has 0 aliphatic carbocycles. The van der Waals surface area contributed by atoms with Crippen molar-refractivity contribution in [1.29, 1.82) is 0 Å². The third kappa shape index (κ3) is 5.31. The van der Waals surface area contributed by atoms with Crippen LogP contribution in [0, 0.1) is 6.92 Å². The molecular weight excluding hydrogens is 420 g/mol. The van der Waals surface area contributed by atoms with E-state index in [-0.39, 0.29) is 5.91 Å². The minimum absolute atomic E-state index is 0.283. The van der Waals surface area contributed by atoms with E-state index in [1.165, 1.54) is 11.3 Å². The molecule has 0 atom stereocenters. The number of fused-ring (bicyclic) bond motifs is 1. The quantitative estimate of drug-likeness (QED) is 0.401. The number of amides is 1. The molecule has 7 heteroatoms. The molecule has 160 valence electrons. The van der Waals surface area contributed by atoms with Gasteiger partial charge in [0, 0.05) is 24.2 Å². The number of aryl methyl sites for hydroxylation is 1. The summed E-state index contributed by atoms with van der Waals surface area (Å²) in [4.78, 5) is 17.9. The molecule has 0 bridgehead atoms. The van der Waals surface area contributed by atoms with Crippen molar-refractivity contribution < 1.29 is 14.3 Å². The molecule has 2 aromatic carbocycles. The van der Waals surface area contributed by atoms with Gasteiger partial charge in [-0.2, -0.15) is 4.99 Å². The standard InChI is InChI=1S/C23H27ClN2O3S/c1-4-5-6-14-29-18-9-7-17(8-10-18)22(27)25-23-26(13-15-28-3)21-16(2)19(24)11-12-20(21)30-23/h7-12H,4-6,13-15H2,1-3H3. The molecule has 3 aromatic rings. The molecular formula is C23H27ClN2O3S. The highest BCUT2D eigenvalue weighted by Gasteiger charge is 2.13. The number of rotatable bonds is 9. The highest BCUT2D eigenvalue weighted by atomic mass is 35.5. The number of methoxy groups -OCH3 is 1. The molecule has 0 spiro atoms. The lowest BCUT2D eigenvalue weighted by molar-refractivity contribution is 0.0997. The molecule has 30 heavy (non-hydrogen) atoms. The molecule has 1 aromatic heterocycles. The Labute approximate surface area is 185 Å². The first kappa shape index (κ1) is 22.5. The zero-order valence-corrected chi connectivity index (χ0v) is 19.2. The SMILES string of the molecule is CCCCCOc1ccc(C(=O)N=c2sc3ccc(Cl)c(C)c3n2CCOC)cc1. The second-order valence-corrected chi connectivity index (χ2v) is 8.46. The average Bonchev–Trinajstić information content (AvgIpc) is 3.10. The number of carbonyl (C=O) groups is 1. The Hall–Kier alpha value is -2.15. The normalized spacial score (nSPS) is 11.9. The van der Waals surface area contributed by atoms with E-state index in [0.29, 0.717) is 35.1 Å². The minimum Gasteiger partial charge on any atom is -0.494 e. The van der Waals surface area contributed by atoms with Crippen LogP contribution in [0.15, 0.2) is 41.4 Å². The maximum atomic E-state index is 12.8. The van der Waals surface area contributed by atoms with Crippen LogP contribution in [0.2, 0.25) is 5.02 Å². The Morgan fingerprint density at radius 1 is 1.13 bits per heavy atom. The lowest BCUT2D eigenvalue weighted by Gasteiger charge is -2.08. The van der Waals surface area contributed by atoms with Crippen LogP contribution in [0.1, 0.15) is 42.1 Å². The highest BCUT2D eigenvalue weighted by molar-refractivity contribution is 7.16. The van der Waals surface area contributed by atoms with Crippen LogP contribution in [0.3, 0.4) is 0 Å². The van der Waals surface area contributed by atoms with Crippen LogP contribution in [-0.2, 0) is 11.3 Å². The number of aromatic nitrogens is 1.